The molecule has 0 spiro atoms. The van der Waals surface area contributed by atoms with Gasteiger partial charge in [0.2, 0.25) is 0 Å². The van der Waals surface area contributed by atoms with Crippen molar-refractivity contribution in [2.45, 2.75) is 33.3 Å². The first-order valence-corrected chi connectivity index (χ1v) is 9.96. The van der Waals surface area contributed by atoms with Crippen LogP contribution in [0.15, 0.2) is 36.7 Å². The molecule has 1 amide bonds. The van der Waals surface area contributed by atoms with Crippen molar-refractivity contribution in [2.24, 2.45) is 0 Å². The van der Waals surface area contributed by atoms with Gasteiger partial charge in [0.05, 0.1) is 30.0 Å². The Kier molecular flexibility index (Phi) is 5.04. The van der Waals surface area contributed by atoms with Crippen molar-refractivity contribution in [1.82, 2.24) is 14.9 Å². The number of H-pyrrole nitrogens is 1. The SMILES string of the molecule is Cc1c[nH]c2c(-c3cccc(OC(C)(C)C)c3)ncc(C(=O)N3CCOCC3)c12. The molecule has 4 rings (SSSR count). The minimum Gasteiger partial charge on any atom is -0.488 e. The molecule has 6 nitrogen and oxygen atoms in total. The lowest BCUT2D eigenvalue weighted by atomic mass is 10.0. The molecule has 152 valence electrons. The van der Waals surface area contributed by atoms with Crippen molar-refractivity contribution < 1.29 is 14.3 Å². The van der Waals surface area contributed by atoms with Crippen molar-refractivity contribution in [3.05, 3.63) is 47.8 Å². The summed E-state index contributed by atoms with van der Waals surface area (Å²) in [6.07, 6.45) is 3.63. The van der Waals surface area contributed by atoms with Crippen LogP contribution in [0.3, 0.4) is 0 Å². The van der Waals surface area contributed by atoms with Crippen molar-refractivity contribution in [3.8, 4) is 17.0 Å². The molecule has 0 unspecified atom stereocenters. The number of aryl methyl sites for hydroxylation is 1. The third kappa shape index (κ3) is 3.98. The Morgan fingerprint density at radius 1 is 1.24 bits per heavy atom. The third-order valence-electron chi connectivity index (χ3n) is 4.97. The number of aromatic amines is 1. The van der Waals surface area contributed by atoms with E-state index >= 15 is 0 Å². The van der Waals surface area contributed by atoms with E-state index in [0.29, 0.717) is 31.9 Å². The average molecular weight is 393 g/mol. The van der Waals surface area contributed by atoms with Crippen molar-refractivity contribution in [1.29, 1.82) is 0 Å². The standard InChI is InChI=1S/C23H27N3O3/c1-15-13-24-21-19(15)18(22(27)26-8-10-28-11-9-26)14-25-20(21)16-6-5-7-17(12-16)29-23(2,3)4/h5-7,12-14,24H,8-11H2,1-4H3. The summed E-state index contributed by atoms with van der Waals surface area (Å²) in [5.41, 5.74) is 4.01. The highest BCUT2D eigenvalue weighted by Crippen LogP contribution is 2.33. The van der Waals surface area contributed by atoms with Gasteiger partial charge >= 0.3 is 0 Å². The Hall–Kier alpha value is -2.86. The minimum atomic E-state index is -0.279. The molecule has 0 radical (unpaired) electrons. The van der Waals surface area contributed by atoms with Gasteiger partial charge in [0.15, 0.2) is 0 Å². The number of rotatable bonds is 3. The maximum atomic E-state index is 13.1. The maximum absolute atomic E-state index is 13.1. The van der Waals surface area contributed by atoms with Crippen LogP contribution in [0.5, 0.6) is 5.75 Å². The largest absolute Gasteiger partial charge is 0.488 e. The summed E-state index contributed by atoms with van der Waals surface area (Å²) in [5.74, 6) is 0.798. The predicted octanol–water partition coefficient (Wildman–Crippen LogP) is 4.19. The number of morpholine rings is 1. The van der Waals surface area contributed by atoms with Gasteiger partial charge in [-0.05, 0) is 45.4 Å². The van der Waals surface area contributed by atoms with Gasteiger partial charge in [-0.1, -0.05) is 12.1 Å². The predicted molar refractivity (Wildman–Crippen MR) is 113 cm³/mol. The zero-order valence-electron chi connectivity index (χ0n) is 17.4. The summed E-state index contributed by atoms with van der Waals surface area (Å²) >= 11 is 0. The van der Waals surface area contributed by atoms with Gasteiger partial charge in [-0.25, -0.2) is 0 Å². The first-order chi connectivity index (χ1) is 13.8. The number of benzene rings is 1. The van der Waals surface area contributed by atoms with Crippen molar-refractivity contribution >= 4 is 16.8 Å². The van der Waals surface area contributed by atoms with Gasteiger partial charge in [0.25, 0.3) is 5.91 Å². The van der Waals surface area contributed by atoms with Gasteiger partial charge in [0, 0.05) is 36.4 Å². The summed E-state index contributed by atoms with van der Waals surface area (Å²) in [7, 11) is 0. The van der Waals surface area contributed by atoms with Gasteiger partial charge < -0.3 is 19.4 Å². The summed E-state index contributed by atoms with van der Waals surface area (Å²) in [6, 6.07) is 7.92. The molecule has 1 aromatic carbocycles. The van der Waals surface area contributed by atoms with E-state index in [9.17, 15) is 4.79 Å². The fourth-order valence-corrected chi connectivity index (χ4v) is 3.69. The Bertz CT molecular complexity index is 1040. The number of carbonyl (C=O) groups is 1. The second kappa shape index (κ2) is 7.52. The molecule has 0 bridgehead atoms. The van der Waals surface area contributed by atoms with Crippen LogP contribution in [0.25, 0.3) is 22.2 Å². The molecule has 6 heteroatoms. The second-order valence-corrected chi connectivity index (χ2v) is 8.39. The van der Waals surface area contributed by atoms with Gasteiger partial charge in [-0.3, -0.25) is 9.78 Å². The summed E-state index contributed by atoms with van der Waals surface area (Å²) in [4.78, 5) is 23.0. The number of aromatic nitrogens is 2. The van der Waals surface area contributed by atoms with E-state index in [4.69, 9.17) is 9.47 Å². The Morgan fingerprint density at radius 3 is 2.72 bits per heavy atom. The molecular weight excluding hydrogens is 366 g/mol. The zero-order valence-corrected chi connectivity index (χ0v) is 17.4. The monoisotopic (exact) mass is 393 g/mol. The number of nitrogens with zero attached hydrogens (tertiary/aromatic N) is 2. The molecule has 3 aromatic rings. The average Bonchev–Trinajstić information content (AvgIpc) is 3.08. The van der Waals surface area contributed by atoms with Crippen LogP contribution in [0.2, 0.25) is 0 Å². The van der Waals surface area contributed by atoms with E-state index in [1.165, 1.54) is 0 Å². The number of pyridine rings is 1. The maximum Gasteiger partial charge on any atom is 0.256 e. The molecule has 29 heavy (non-hydrogen) atoms. The third-order valence-corrected chi connectivity index (χ3v) is 4.97. The van der Waals surface area contributed by atoms with Crippen molar-refractivity contribution in [2.75, 3.05) is 26.3 Å². The zero-order chi connectivity index (χ0) is 20.6. The van der Waals surface area contributed by atoms with E-state index in [1.54, 1.807) is 6.20 Å². The first-order valence-electron chi connectivity index (χ1n) is 9.96. The topological polar surface area (TPSA) is 67.5 Å². The molecule has 1 aliphatic rings. The Morgan fingerprint density at radius 2 is 2.00 bits per heavy atom. The molecule has 0 saturated carbocycles. The smallest absolute Gasteiger partial charge is 0.256 e. The highest BCUT2D eigenvalue weighted by atomic mass is 16.5. The molecule has 1 fully saturated rings. The van der Waals surface area contributed by atoms with E-state index in [1.807, 2.05) is 63.1 Å². The van der Waals surface area contributed by atoms with Crippen LogP contribution >= 0.6 is 0 Å². The number of fused-ring (bicyclic) bond motifs is 1. The molecule has 3 heterocycles. The van der Waals surface area contributed by atoms with Crippen LogP contribution in [-0.4, -0.2) is 52.7 Å². The first kappa shape index (κ1) is 19.5. The van der Waals surface area contributed by atoms with Gasteiger partial charge in [-0.2, -0.15) is 0 Å². The molecule has 1 N–H and O–H groups in total. The summed E-state index contributed by atoms with van der Waals surface area (Å²) < 4.78 is 11.4. The van der Waals surface area contributed by atoms with E-state index < -0.39 is 0 Å². The second-order valence-electron chi connectivity index (χ2n) is 8.39. The molecule has 1 saturated heterocycles. The molecule has 1 aliphatic heterocycles. The quantitative estimate of drug-likeness (QED) is 0.725. The van der Waals surface area contributed by atoms with E-state index in [0.717, 1.165) is 33.5 Å². The van der Waals surface area contributed by atoms with Crippen LogP contribution in [0.4, 0.5) is 0 Å². The van der Waals surface area contributed by atoms with Crippen molar-refractivity contribution in [3.63, 3.8) is 0 Å². The molecule has 0 atom stereocenters. The van der Waals surface area contributed by atoms with E-state index in [-0.39, 0.29) is 11.5 Å². The molecular formula is C23H27N3O3. The minimum absolute atomic E-state index is 0.00451. The summed E-state index contributed by atoms with van der Waals surface area (Å²) in [5, 5.41) is 0.925. The van der Waals surface area contributed by atoms with Crippen LogP contribution < -0.4 is 4.74 Å². The highest BCUT2D eigenvalue weighted by molar-refractivity contribution is 6.10. The number of nitrogens with one attached hydrogen (secondary N) is 1. The lowest BCUT2D eigenvalue weighted by Gasteiger charge is -2.27. The van der Waals surface area contributed by atoms with Crippen LogP contribution in [0, 0.1) is 6.92 Å². The number of carbonyl (C=O) groups excluding carboxylic acids is 1. The molecule has 2 aromatic heterocycles. The fraction of sp³-hybridized carbons (Fsp3) is 0.391. The lowest BCUT2D eigenvalue weighted by Crippen LogP contribution is -2.40. The Labute approximate surface area is 170 Å². The highest BCUT2D eigenvalue weighted by Gasteiger charge is 2.24. The van der Waals surface area contributed by atoms with Crippen LogP contribution in [0.1, 0.15) is 36.7 Å². The normalized spacial score (nSPS) is 15.0. The number of hydrogen-bond acceptors (Lipinski definition) is 4. The fourth-order valence-electron chi connectivity index (χ4n) is 3.69. The number of ether oxygens (including phenoxy) is 2. The number of hydrogen-bond donors (Lipinski definition) is 1. The lowest BCUT2D eigenvalue weighted by molar-refractivity contribution is 0.0304. The van der Waals surface area contributed by atoms with Gasteiger partial charge in [0.1, 0.15) is 11.4 Å². The van der Waals surface area contributed by atoms with Gasteiger partial charge in [-0.15, -0.1) is 0 Å². The number of amides is 1. The van der Waals surface area contributed by atoms with E-state index in [2.05, 4.69) is 9.97 Å². The summed E-state index contributed by atoms with van der Waals surface area (Å²) in [6.45, 7) is 10.5. The Balaban J connectivity index is 1.77. The molecule has 0 aliphatic carbocycles. The van der Waals surface area contributed by atoms with Crippen LogP contribution in [-0.2, 0) is 4.74 Å².